The first kappa shape index (κ1) is 12.4. The van der Waals surface area contributed by atoms with Crippen LogP contribution in [-0.4, -0.2) is 12.8 Å². The van der Waals surface area contributed by atoms with Crippen molar-refractivity contribution < 1.29 is 17.9 Å². The predicted octanol–water partition coefficient (Wildman–Crippen LogP) is 3.91. The third-order valence-electron chi connectivity index (χ3n) is 1.71. The number of alkyl halides is 4. The van der Waals surface area contributed by atoms with Crippen molar-refractivity contribution in [2.24, 2.45) is 0 Å². The van der Waals surface area contributed by atoms with Crippen LogP contribution < -0.4 is 4.74 Å². The largest absolute Gasteiger partial charge is 0.493 e. The number of hydrogen-bond acceptors (Lipinski definition) is 1. The molecule has 0 atom stereocenters. The summed E-state index contributed by atoms with van der Waals surface area (Å²) in [5.41, 5.74) is 0.972. The molecule has 1 aromatic rings. The Bertz CT molecular complexity index is 312. The Balaban J connectivity index is 2.44. The maximum atomic E-state index is 11.8. The van der Waals surface area contributed by atoms with Crippen LogP contribution in [0.25, 0.3) is 0 Å². The van der Waals surface area contributed by atoms with Crippen LogP contribution in [0.1, 0.15) is 12.0 Å². The van der Waals surface area contributed by atoms with Crippen molar-refractivity contribution in [3.05, 3.63) is 29.8 Å². The molecule has 84 valence electrons. The highest BCUT2D eigenvalue weighted by Gasteiger charge is 2.26. The van der Waals surface area contributed by atoms with Crippen LogP contribution >= 0.6 is 15.9 Å². The average Bonchev–Trinajstić information content (AvgIpc) is 2.16. The average molecular weight is 283 g/mol. The van der Waals surface area contributed by atoms with Gasteiger partial charge in [0.25, 0.3) is 0 Å². The lowest BCUT2D eigenvalue weighted by molar-refractivity contribution is -0.139. The first-order valence-corrected chi connectivity index (χ1v) is 5.48. The highest BCUT2D eigenvalue weighted by atomic mass is 79.9. The highest BCUT2D eigenvalue weighted by Crippen LogP contribution is 2.21. The van der Waals surface area contributed by atoms with E-state index < -0.39 is 12.6 Å². The standard InChI is InChI=1S/C10H10BrF3O/c11-7-8-2-1-3-9(6-8)15-5-4-10(12,13)14/h1-3,6H,4-5,7H2. The molecule has 15 heavy (non-hydrogen) atoms. The van der Waals surface area contributed by atoms with Gasteiger partial charge in [0.1, 0.15) is 5.75 Å². The Morgan fingerprint density at radius 2 is 2.00 bits per heavy atom. The van der Waals surface area contributed by atoms with E-state index in [-0.39, 0.29) is 6.61 Å². The maximum Gasteiger partial charge on any atom is 0.392 e. The molecule has 0 aliphatic heterocycles. The fraction of sp³-hybridized carbons (Fsp3) is 0.400. The van der Waals surface area contributed by atoms with Gasteiger partial charge < -0.3 is 4.74 Å². The molecule has 0 spiro atoms. The number of halogens is 4. The molecule has 0 N–H and O–H groups in total. The molecular formula is C10H10BrF3O. The summed E-state index contributed by atoms with van der Waals surface area (Å²) in [5.74, 6) is 0.469. The fourth-order valence-corrected chi connectivity index (χ4v) is 1.35. The van der Waals surface area contributed by atoms with E-state index in [0.29, 0.717) is 11.1 Å². The van der Waals surface area contributed by atoms with Gasteiger partial charge in [-0.3, -0.25) is 0 Å². The van der Waals surface area contributed by atoms with Gasteiger partial charge >= 0.3 is 6.18 Å². The number of rotatable bonds is 4. The molecule has 0 radical (unpaired) electrons. The lowest BCUT2D eigenvalue weighted by Gasteiger charge is -2.09. The third-order valence-corrected chi connectivity index (χ3v) is 2.35. The van der Waals surface area contributed by atoms with Crippen LogP contribution in [0.2, 0.25) is 0 Å². The molecule has 0 aliphatic carbocycles. The van der Waals surface area contributed by atoms with Gasteiger partial charge in [0, 0.05) is 5.33 Å². The SMILES string of the molecule is FC(F)(F)CCOc1cccc(CBr)c1. The van der Waals surface area contributed by atoms with Gasteiger partial charge in [-0.2, -0.15) is 13.2 Å². The van der Waals surface area contributed by atoms with E-state index in [0.717, 1.165) is 5.56 Å². The molecule has 5 heteroatoms. The van der Waals surface area contributed by atoms with Gasteiger partial charge in [-0.25, -0.2) is 0 Å². The van der Waals surface area contributed by atoms with Gasteiger partial charge in [0.2, 0.25) is 0 Å². The molecule has 0 aliphatic rings. The number of benzene rings is 1. The summed E-state index contributed by atoms with van der Waals surface area (Å²) in [6, 6.07) is 6.97. The van der Waals surface area contributed by atoms with Gasteiger partial charge in [-0.1, -0.05) is 28.1 Å². The molecule has 0 unspecified atom stereocenters. The Kier molecular flexibility index (Phi) is 4.45. The normalized spacial score (nSPS) is 11.5. The lowest BCUT2D eigenvalue weighted by atomic mass is 10.2. The van der Waals surface area contributed by atoms with Crippen molar-refractivity contribution in [2.45, 2.75) is 17.9 Å². The zero-order valence-electron chi connectivity index (χ0n) is 7.85. The minimum atomic E-state index is -4.16. The zero-order chi connectivity index (χ0) is 11.3. The molecule has 0 aromatic heterocycles. The number of ether oxygens (including phenoxy) is 1. The van der Waals surface area contributed by atoms with E-state index in [1.807, 2.05) is 6.07 Å². The molecule has 0 heterocycles. The Morgan fingerprint density at radius 1 is 1.27 bits per heavy atom. The second-order valence-electron chi connectivity index (χ2n) is 2.99. The molecule has 1 rings (SSSR count). The van der Waals surface area contributed by atoms with E-state index in [1.54, 1.807) is 18.2 Å². The molecule has 0 fully saturated rings. The van der Waals surface area contributed by atoms with Crippen LogP contribution in [0.3, 0.4) is 0 Å². The second kappa shape index (κ2) is 5.39. The van der Waals surface area contributed by atoms with E-state index in [4.69, 9.17) is 4.74 Å². The zero-order valence-corrected chi connectivity index (χ0v) is 9.44. The van der Waals surface area contributed by atoms with E-state index in [1.165, 1.54) is 0 Å². The van der Waals surface area contributed by atoms with Crippen LogP contribution in [0.15, 0.2) is 24.3 Å². The van der Waals surface area contributed by atoms with Crippen molar-refractivity contribution in [3.8, 4) is 5.75 Å². The van der Waals surface area contributed by atoms with E-state index in [2.05, 4.69) is 15.9 Å². The quantitative estimate of drug-likeness (QED) is 0.761. The summed E-state index contributed by atoms with van der Waals surface area (Å²) in [5, 5.41) is 0.656. The summed E-state index contributed by atoms with van der Waals surface area (Å²) >= 11 is 3.26. The smallest absolute Gasteiger partial charge is 0.392 e. The van der Waals surface area contributed by atoms with Crippen molar-refractivity contribution in [2.75, 3.05) is 6.61 Å². The monoisotopic (exact) mass is 282 g/mol. The summed E-state index contributed by atoms with van der Waals surface area (Å²) < 4.78 is 40.4. The van der Waals surface area contributed by atoms with Crippen LogP contribution in [0, 0.1) is 0 Å². The van der Waals surface area contributed by atoms with E-state index in [9.17, 15) is 13.2 Å². The van der Waals surface area contributed by atoms with Crippen LogP contribution in [0.5, 0.6) is 5.75 Å². The van der Waals surface area contributed by atoms with Gasteiger partial charge in [-0.15, -0.1) is 0 Å². The summed E-state index contributed by atoms with van der Waals surface area (Å²) in [6.45, 7) is -0.338. The summed E-state index contributed by atoms with van der Waals surface area (Å²) in [6.07, 6.45) is -5.08. The van der Waals surface area contributed by atoms with Gasteiger partial charge in [-0.05, 0) is 17.7 Å². The molecule has 0 saturated heterocycles. The lowest BCUT2D eigenvalue weighted by Crippen LogP contribution is -2.13. The second-order valence-corrected chi connectivity index (χ2v) is 3.56. The first-order valence-electron chi connectivity index (χ1n) is 4.36. The van der Waals surface area contributed by atoms with E-state index >= 15 is 0 Å². The first-order chi connectivity index (χ1) is 7.01. The predicted molar refractivity (Wildman–Crippen MR) is 55.2 cm³/mol. The van der Waals surface area contributed by atoms with Crippen molar-refractivity contribution >= 4 is 15.9 Å². The third kappa shape index (κ3) is 5.06. The van der Waals surface area contributed by atoms with Crippen molar-refractivity contribution in [3.63, 3.8) is 0 Å². The fourth-order valence-electron chi connectivity index (χ4n) is 1.00. The minimum Gasteiger partial charge on any atom is -0.493 e. The highest BCUT2D eigenvalue weighted by molar-refractivity contribution is 9.08. The summed E-state index contributed by atoms with van der Waals surface area (Å²) in [4.78, 5) is 0. The minimum absolute atomic E-state index is 0.338. The van der Waals surface area contributed by atoms with Crippen LogP contribution in [0.4, 0.5) is 13.2 Å². The maximum absolute atomic E-state index is 11.8. The molecule has 0 amide bonds. The topological polar surface area (TPSA) is 9.23 Å². The Labute approximate surface area is 94.4 Å². The van der Waals surface area contributed by atoms with Gasteiger partial charge in [0.15, 0.2) is 0 Å². The van der Waals surface area contributed by atoms with Crippen LogP contribution in [-0.2, 0) is 5.33 Å². The van der Waals surface area contributed by atoms with Gasteiger partial charge in [0.05, 0.1) is 13.0 Å². The van der Waals surface area contributed by atoms with Crippen molar-refractivity contribution in [1.29, 1.82) is 0 Å². The molecule has 0 saturated carbocycles. The molecule has 1 nitrogen and oxygen atoms in total. The molecule has 0 bridgehead atoms. The number of hydrogen-bond donors (Lipinski definition) is 0. The molecule has 1 aromatic carbocycles. The summed E-state index contributed by atoms with van der Waals surface area (Å²) in [7, 11) is 0. The Hall–Kier alpha value is -0.710. The Morgan fingerprint density at radius 3 is 2.60 bits per heavy atom. The molecular weight excluding hydrogens is 273 g/mol. The van der Waals surface area contributed by atoms with Crippen molar-refractivity contribution in [1.82, 2.24) is 0 Å².